The number of nitrogens with one attached hydrogen (secondary N) is 1. The van der Waals surface area contributed by atoms with Crippen LogP contribution in [0.3, 0.4) is 0 Å². The molecule has 6 nitrogen and oxygen atoms in total. The lowest BCUT2D eigenvalue weighted by atomic mass is 9.97. The Balaban J connectivity index is 1.63. The Kier molecular flexibility index (Phi) is 7.69. The van der Waals surface area contributed by atoms with Crippen molar-refractivity contribution in [2.24, 2.45) is 5.16 Å². The molecule has 0 aromatic heterocycles. The number of allylic oxidation sites excluding steroid dienone is 1. The highest BCUT2D eigenvalue weighted by molar-refractivity contribution is 5.90. The van der Waals surface area contributed by atoms with Crippen LogP contribution in [0.4, 0.5) is 0 Å². The molecule has 0 saturated carbocycles. The number of amides is 1. The lowest BCUT2D eigenvalue weighted by Gasteiger charge is -2.12. The third kappa shape index (κ3) is 6.79. The molecule has 0 fully saturated rings. The normalized spacial score (nSPS) is 14.0. The minimum atomic E-state index is -0.389. The molecular weight excluding hydrogens is 320 g/mol. The number of carbonyl (C=O) groups is 2. The second-order valence-corrected chi connectivity index (χ2v) is 5.83. The molecule has 0 radical (unpaired) electrons. The van der Waals surface area contributed by atoms with Crippen molar-refractivity contribution in [1.29, 1.82) is 0 Å². The van der Waals surface area contributed by atoms with Crippen molar-refractivity contribution in [2.45, 2.75) is 32.1 Å². The summed E-state index contributed by atoms with van der Waals surface area (Å²) in [7, 11) is 1.34. The average molecular weight is 344 g/mol. The largest absolute Gasteiger partial charge is 0.465 e. The van der Waals surface area contributed by atoms with Crippen molar-refractivity contribution in [1.82, 2.24) is 5.32 Å². The van der Waals surface area contributed by atoms with Crippen LogP contribution >= 0.6 is 0 Å². The van der Waals surface area contributed by atoms with Crippen LogP contribution in [0.15, 0.2) is 41.1 Å². The van der Waals surface area contributed by atoms with E-state index in [0.29, 0.717) is 12.1 Å². The van der Waals surface area contributed by atoms with E-state index in [1.165, 1.54) is 31.7 Å². The summed E-state index contributed by atoms with van der Waals surface area (Å²) in [6.45, 7) is 0.516. The highest BCUT2D eigenvalue weighted by atomic mass is 16.6. The molecule has 0 unspecified atom stereocenters. The summed E-state index contributed by atoms with van der Waals surface area (Å²) >= 11 is 0. The number of ether oxygens (including phenoxy) is 1. The van der Waals surface area contributed by atoms with Crippen LogP contribution in [0.25, 0.3) is 0 Å². The maximum Gasteiger partial charge on any atom is 0.337 e. The van der Waals surface area contributed by atoms with Crippen LogP contribution in [0, 0.1) is 0 Å². The Hall–Kier alpha value is -2.63. The van der Waals surface area contributed by atoms with Gasteiger partial charge in [-0.3, -0.25) is 4.79 Å². The van der Waals surface area contributed by atoms with Gasteiger partial charge in [0.2, 0.25) is 0 Å². The van der Waals surface area contributed by atoms with E-state index in [1.807, 2.05) is 0 Å². The van der Waals surface area contributed by atoms with Crippen LogP contribution in [0.2, 0.25) is 0 Å². The zero-order chi connectivity index (χ0) is 17.9. The summed E-state index contributed by atoms with van der Waals surface area (Å²) in [6.07, 6.45) is 9.49. The number of rotatable bonds is 8. The second-order valence-electron chi connectivity index (χ2n) is 5.83. The van der Waals surface area contributed by atoms with Crippen molar-refractivity contribution in [3.8, 4) is 0 Å². The second kappa shape index (κ2) is 10.3. The third-order valence-corrected chi connectivity index (χ3v) is 3.96. The van der Waals surface area contributed by atoms with Gasteiger partial charge in [-0.15, -0.1) is 0 Å². The number of methoxy groups -OCH3 is 1. The molecule has 25 heavy (non-hydrogen) atoms. The molecule has 6 heteroatoms. The molecular formula is C19H24N2O4. The summed E-state index contributed by atoms with van der Waals surface area (Å²) in [6, 6.07) is 6.72. The smallest absolute Gasteiger partial charge is 0.337 e. The summed E-state index contributed by atoms with van der Waals surface area (Å²) in [5.41, 5.74) is 2.66. The van der Waals surface area contributed by atoms with E-state index in [9.17, 15) is 9.59 Å². The number of nitrogens with zero attached hydrogens (tertiary/aromatic N) is 1. The first kappa shape index (κ1) is 18.7. The first-order chi connectivity index (χ1) is 12.2. The molecule has 1 aromatic rings. The summed E-state index contributed by atoms with van der Waals surface area (Å²) in [5.74, 6) is -0.574. The minimum absolute atomic E-state index is 0.115. The molecule has 0 spiro atoms. The maximum atomic E-state index is 11.7. The highest BCUT2D eigenvalue weighted by Gasteiger charge is 2.06. The van der Waals surface area contributed by atoms with Gasteiger partial charge in [0.25, 0.3) is 5.91 Å². The first-order valence-corrected chi connectivity index (χ1v) is 8.47. The Morgan fingerprint density at radius 3 is 2.72 bits per heavy atom. The van der Waals surface area contributed by atoms with E-state index in [0.717, 1.165) is 24.8 Å². The lowest BCUT2D eigenvalue weighted by molar-refractivity contribution is -0.125. The van der Waals surface area contributed by atoms with Crippen LogP contribution in [-0.4, -0.2) is 38.4 Å². The predicted molar refractivity (Wildman–Crippen MR) is 95.5 cm³/mol. The van der Waals surface area contributed by atoms with Crippen LogP contribution in [0.1, 0.15) is 48.0 Å². The van der Waals surface area contributed by atoms with E-state index in [-0.39, 0.29) is 18.5 Å². The van der Waals surface area contributed by atoms with E-state index in [4.69, 9.17) is 4.84 Å². The van der Waals surface area contributed by atoms with Crippen LogP contribution in [0.5, 0.6) is 0 Å². The number of benzene rings is 1. The molecule has 1 aromatic carbocycles. The van der Waals surface area contributed by atoms with Gasteiger partial charge in [-0.25, -0.2) is 4.79 Å². The molecule has 134 valence electrons. The molecule has 1 aliphatic rings. The zero-order valence-corrected chi connectivity index (χ0v) is 14.5. The number of hydrogen-bond donors (Lipinski definition) is 1. The standard InChI is InChI=1S/C19H24N2O4/c1-24-19(23)17-9-7-16(8-10-17)13-21-25-14-18(22)20-12-11-15-5-3-2-4-6-15/h5,7-10,13H,2-4,6,11-12,14H2,1H3,(H,20,22)/b21-13+. The molecule has 0 saturated heterocycles. The number of hydrogen-bond acceptors (Lipinski definition) is 5. The van der Waals surface area contributed by atoms with Crippen LogP contribution in [-0.2, 0) is 14.4 Å². The molecule has 0 aliphatic heterocycles. The van der Waals surface area contributed by atoms with Crippen molar-refractivity contribution in [3.05, 3.63) is 47.0 Å². The fourth-order valence-corrected chi connectivity index (χ4v) is 2.56. The van der Waals surface area contributed by atoms with Crippen molar-refractivity contribution in [2.75, 3.05) is 20.3 Å². The van der Waals surface area contributed by atoms with Gasteiger partial charge in [-0.2, -0.15) is 0 Å². The van der Waals surface area contributed by atoms with Crippen molar-refractivity contribution < 1.29 is 19.2 Å². The summed E-state index contributed by atoms with van der Waals surface area (Å²) < 4.78 is 4.63. The molecule has 2 rings (SSSR count). The Labute approximate surface area is 147 Å². The Bertz CT molecular complexity index is 635. The molecule has 1 amide bonds. The number of esters is 1. The SMILES string of the molecule is COC(=O)c1ccc(/C=N/OCC(=O)NCCC2=CCCCC2)cc1. The minimum Gasteiger partial charge on any atom is -0.465 e. The Morgan fingerprint density at radius 2 is 2.04 bits per heavy atom. The van der Waals surface area contributed by atoms with E-state index >= 15 is 0 Å². The predicted octanol–water partition coefficient (Wildman–Crippen LogP) is 2.83. The monoisotopic (exact) mass is 344 g/mol. The molecule has 1 aliphatic carbocycles. The van der Waals surface area contributed by atoms with Gasteiger partial charge in [0.05, 0.1) is 18.9 Å². The number of oxime groups is 1. The van der Waals surface area contributed by atoms with Crippen molar-refractivity contribution >= 4 is 18.1 Å². The van der Waals surface area contributed by atoms with Gasteiger partial charge in [0.1, 0.15) is 0 Å². The van der Waals surface area contributed by atoms with E-state index in [1.54, 1.807) is 24.3 Å². The van der Waals surface area contributed by atoms with Gasteiger partial charge in [0, 0.05) is 6.54 Å². The lowest BCUT2D eigenvalue weighted by Crippen LogP contribution is -2.28. The van der Waals surface area contributed by atoms with Crippen LogP contribution < -0.4 is 5.32 Å². The number of carbonyl (C=O) groups excluding carboxylic acids is 2. The summed E-state index contributed by atoms with van der Waals surface area (Å²) in [4.78, 5) is 28.0. The quantitative estimate of drug-likeness (QED) is 0.340. The zero-order valence-electron chi connectivity index (χ0n) is 14.5. The summed E-state index contributed by atoms with van der Waals surface area (Å²) in [5, 5.41) is 6.59. The fourth-order valence-electron chi connectivity index (χ4n) is 2.56. The van der Waals surface area contributed by atoms with Gasteiger partial charge < -0.3 is 14.9 Å². The fraction of sp³-hybridized carbons (Fsp3) is 0.421. The molecule has 0 atom stereocenters. The highest BCUT2D eigenvalue weighted by Crippen LogP contribution is 2.19. The van der Waals surface area contributed by atoms with E-state index < -0.39 is 0 Å². The van der Waals surface area contributed by atoms with Gasteiger partial charge in [-0.05, 0) is 49.8 Å². The molecule has 0 heterocycles. The topological polar surface area (TPSA) is 77.0 Å². The van der Waals surface area contributed by atoms with Gasteiger partial charge >= 0.3 is 5.97 Å². The molecule has 1 N–H and O–H groups in total. The average Bonchev–Trinajstić information content (AvgIpc) is 2.66. The van der Waals surface area contributed by atoms with Gasteiger partial charge in [0.15, 0.2) is 6.61 Å². The molecule has 0 bridgehead atoms. The van der Waals surface area contributed by atoms with Gasteiger partial charge in [-0.1, -0.05) is 28.9 Å². The first-order valence-electron chi connectivity index (χ1n) is 8.47. The van der Waals surface area contributed by atoms with Crippen molar-refractivity contribution in [3.63, 3.8) is 0 Å². The van der Waals surface area contributed by atoms with E-state index in [2.05, 4.69) is 21.3 Å². The third-order valence-electron chi connectivity index (χ3n) is 3.96. The maximum absolute atomic E-state index is 11.7. The Morgan fingerprint density at radius 1 is 1.24 bits per heavy atom.